The molecule has 2 aromatic heterocycles. The summed E-state index contributed by atoms with van der Waals surface area (Å²) in [4.78, 5) is 17.5. The van der Waals surface area contributed by atoms with Crippen molar-refractivity contribution in [2.75, 3.05) is 0 Å². The second-order valence-electron chi connectivity index (χ2n) is 5.57. The molecule has 2 heterocycles. The van der Waals surface area contributed by atoms with Crippen molar-refractivity contribution >= 4 is 0 Å². The maximum Gasteiger partial charge on any atom is 0.163 e. The SMILES string of the molecule is Oc1ccccc1-c1nccc(-c2ccnc(-c3ccccc3O)n2)n1. The average molecular weight is 342 g/mol. The van der Waals surface area contributed by atoms with Gasteiger partial charge in [-0.25, -0.2) is 19.9 Å². The lowest BCUT2D eigenvalue weighted by atomic mass is 10.1. The minimum atomic E-state index is 0.113. The van der Waals surface area contributed by atoms with Gasteiger partial charge in [-0.3, -0.25) is 0 Å². The molecule has 0 unspecified atom stereocenters. The van der Waals surface area contributed by atoms with Gasteiger partial charge in [-0.1, -0.05) is 24.3 Å². The molecular weight excluding hydrogens is 328 g/mol. The summed E-state index contributed by atoms with van der Waals surface area (Å²) in [6.07, 6.45) is 3.23. The minimum absolute atomic E-state index is 0.113. The average Bonchev–Trinajstić information content (AvgIpc) is 2.69. The quantitative estimate of drug-likeness (QED) is 0.590. The number of hydrogen-bond acceptors (Lipinski definition) is 6. The van der Waals surface area contributed by atoms with Crippen LogP contribution in [0.2, 0.25) is 0 Å². The lowest BCUT2D eigenvalue weighted by Crippen LogP contribution is -1.96. The van der Waals surface area contributed by atoms with Crippen molar-refractivity contribution in [3.8, 4) is 45.7 Å². The van der Waals surface area contributed by atoms with E-state index in [0.29, 0.717) is 34.2 Å². The number of phenolic OH excluding ortho intramolecular Hbond substituents is 2. The monoisotopic (exact) mass is 342 g/mol. The number of benzene rings is 2. The van der Waals surface area contributed by atoms with Crippen molar-refractivity contribution in [1.82, 2.24) is 19.9 Å². The Balaban J connectivity index is 1.78. The van der Waals surface area contributed by atoms with Crippen LogP contribution in [-0.2, 0) is 0 Å². The number of nitrogens with zero attached hydrogens (tertiary/aromatic N) is 4. The standard InChI is InChI=1S/C20H14N4O2/c25-17-7-3-1-5-13(17)19-21-11-9-15(23-19)16-10-12-22-20(24-16)14-6-2-4-8-18(14)26/h1-12,25-26H. The van der Waals surface area contributed by atoms with Crippen LogP contribution in [0.4, 0.5) is 0 Å². The van der Waals surface area contributed by atoms with E-state index in [9.17, 15) is 10.2 Å². The highest BCUT2D eigenvalue weighted by molar-refractivity contribution is 5.68. The molecule has 2 aromatic carbocycles. The zero-order chi connectivity index (χ0) is 17.9. The summed E-state index contributed by atoms with van der Waals surface area (Å²) in [5, 5.41) is 20.0. The molecule has 0 saturated heterocycles. The molecule has 6 heteroatoms. The molecule has 0 atom stereocenters. The summed E-state index contributed by atoms with van der Waals surface area (Å²) in [5.41, 5.74) is 2.28. The van der Waals surface area contributed by atoms with E-state index in [2.05, 4.69) is 19.9 Å². The molecule has 0 fully saturated rings. The Labute approximate surface area is 149 Å². The number of para-hydroxylation sites is 2. The molecule has 2 N–H and O–H groups in total. The predicted octanol–water partition coefficient (Wildman–Crippen LogP) is 3.68. The molecule has 0 amide bonds. The number of aromatic hydroxyl groups is 2. The van der Waals surface area contributed by atoms with Crippen LogP contribution in [0.25, 0.3) is 34.2 Å². The Morgan fingerprint density at radius 3 is 1.38 bits per heavy atom. The van der Waals surface area contributed by atoms with E-state index in [-0.39, 0.29) is 11.5 Å². The van der Waals surface area contributed by atoms with E-state index in [4.69, 9.17) is 0 Å². The molecule has 4 aromatic rings. The van der Waals surface area contributed by atoms with Gasteiger partial charge in [-0.05, 0) is 36.4 Å². The summed E-state index contributed by atoms with van der Waals surface area (Å²) < 4.78 is 0. The normalized spacial score (nSPS) is 10.6. The molecule has 0 saturated carbocycles. The maximum absolute atomic E-state index is 10.0. The molecule has 4 rings (SSSR count). The van der Waals surface area contributed by atoms with Crippen molar-refractivity contribution in [2.45, 2.75) is 0 Å². The van der Waals surface area contributed by atoms with E-state index < -0.39 is 0 Å². The first-order valence-corrected chi connectivity index (χ1v) is 7.95. The third-order valence-corrected chi connectivity index (χ3v) is 3.86. The fraction of sp³-hybridized carbons (Fsp3) is 0. The maximum atomic E-state index is 10.0. The molecule has 0 aliphatic rings. The van der Waals surface area contributed by atoms with Gasteiger partial charge >= 0.3 is 0 Å². The van der Waals surface area contributed by atoms with Gasteiger partial charge in [0.1, 0.15) is 11.5 Å². The van der Waals surface area contributed by atoms with Crippen LogP contribution < -0.4 is 0 Å². The van der Waals surface area contributed by atoms with E-state index in [1.54, 1.807) is 60.9 Å². The van der Waals surface area contributed by atoms with E-state index in [1.807, 2.05) is 12.1 Å². The highest BCUT2D eigenvalue weighted by atomic mass is 16.3. The largest absolute Gasteiger partial charge is 0.507 e. The summed E-state index contributed by atoms with van der Waals surface area (Å²) in [5.74, 6) is 1.04. The third kappa shape index (κ3) is 2.95. The van der Waals surface area contributed by atoms with Gasteiger partial charge in [-0.2, -0.15) is 0 Å². The molecule has 0 spiro atoms. The molecule has 0 radical (unpaired) electrons. The number of aromatic nitrogens is 4. The van der Waals surface area contributed by atoms with Gasteiger partial charge in [0.2, 0.25) is 0 Å². The van der Waals surface area contributed by atoms with Crippen LogP contribution in [0.3, 0.4) is 0 Å². The van der Waals surface area contributed by atoms with E-state index >= 15 is 0 Å². The molecular formula is C20H14N4O2. The fourth-order valence-corrected chi connectivity index (χ4v) is 2.59. The van der Waals surface area contributed by atoms with Gasteiger partial charge < -0.3 is 10.2 Å². The van der Waals surface area contributed by atoms with Crippen molar-refractivity contribution in [1.29, 1.82) is 0 Å². The van der Waals surface area contributed by atoms with Gasteiger partial charge in [0.25, 0.3) is 0 Å². The Morgan fingerprint density at radius 1 is 0.538 bits per heavy atom. The lowest BCUT2D eigenvalue weighted by molar-refractivity contribution is 0.476. The first kappa shape index (κ1) is 15.7. The molecule has 0 aliphatic carbocycles. The zero-order valence-corrected chi connectivity index (χ0v) is 13.6. The Bertz CT molecular complexity index is 995. The number of phenols is 2. The number of rotatable bonds is 3. The Kier molecular flexibility index (Phi) is 3.99. The van der Waals surface area contributed by atoms with Crippen molar-refractivity contribution in [3.63, 3.8) is 0 Å². The molecule has 26 heavy (non-hydrogen) atoms. The Hall–Kier alpha value is -3.80. The first-order chi connectivity index (χ1) is 12.7. The van der Waals surface area contributed by atoms with Gasteiger partial charge in [0.15, 0.2) is 11.6 Å². The fourth-order valence-electron chi connectivity index (χ4n) is 2.59. The molecule has 0 aliphatic heterocycles. The summed E-state index contributed by atoms with van der Waals surface area (Å²) in [6, 6.07) is 17.3. The van der Waals surface area contributed by atoms with Gasteiger partial charge in [0.05, 0.1) is 22.5 Å². The predicted molar refractivity (Wildman–Crippen MR) is 97.3 cm³/mol. The number of hydrogen-bond donors (Lipinski definition) is 2. The third-order valence-electron chi connectivity index (χ3n) is 3.86. The zero-order valence-electron chi connectivity index (χ0n) is 13.6. The lowest BCUT2D eigenvalue weighted by Gasteiger charge is -2.07. The van der Waals surface area contributed by atoms with Crippen molar-refractivity contribution < 1.29 is 10.2 Å². The summed E-state index contributed by atoms with van der Waals surface area (Å²) >= 11 is 0. The highest BCUT2D eigenvalue weighted by Crippen LogP contribution is 2.29. The summed E-state index contributed by atoms with van der Waals surface area (Å²) in [6.45, 7) is 0. The van der Waals surface area contributed by atoms with E-state index in [0.717, 1.165) is 0 Å². The van der Waals surface area contributed by atoms with E-state index in [1.165, 1.54) is 0 Å². The van der Waals surface area contributed by atoms with Crippen molar-refractivity contribution in [2.24, 2.45) is 0 Å². The molecule has 6 nitrogen and oxygen atoms in total. The smallest absolute Gasteiger partial charge is 0.163 e. The second kappa shape index (κ2) is 6.60. The van der Waals surface area contributed by atoms with Crippen LogP contribution in [0, 0.1) is 0 Å². The second-order valence-corrected chi connectivity index (χ2v) is 5.57. The van der Waals surface area contributed by atoms with Crippen LogP contribution in [-0.4, -0.2) is 30.1 Å². The molecule has 0 bridgehead atoms. The highest BCUT2D eigenvalue weighted by Gasteiger charge is 2.11. The summed E-state index contributed by atoms with van der Waals surface area (Å²) in [7, 11) is 0. The van der Waals surface area contributed by atoms with Crippen molar-refractivity contribution in [3.05, 3.63) is 73.1 Å². The van der Waals surface area contributed by atoms with Gasteiger partial charge in [0, 0.05) is 12.4 Å². The van der Waals surface area contributed by atoms with Crippen LogP contribution in [0.5, 0.6) is 11.5 Å². The Morgan fingerprint density at radius 2 is 0.962 bits per heavy atom. The van der Waals surface area contributed by atoms with Gasteiger partial charge in [-0.15, -0.1) is 0 Å². The van der Waals surface area contributed by atoms with Crippen LogP contribution >= 0.6 is 0 Å². The molecule has 126 valence electrons. The van der Waals surface area contributed by atoms with Crippen LogP contribution in [0.15, 0.2) is 73.1 Å². The first-order valence-electron chi connectivity index (χ1n) is 7.95. The minimum Gasteiger partial charge on any atom is -0.507 e. The topological polar surface area (TPSA) is 92.0 Å². The van der Waals surface area contributed by atoms with Crippen LogP contribution in [0.1, 0.15) is 0 Å².